The number of rotatable bonds is 6. The fraction of sp³-hybridized carbons (Fsp3) is 0.250. The Bertz CT molecular complexity index is 869. The molecule has 4 heteroatoms. The zero-order valence-electron chi connectivity index (χ0n) is 14.2. The Labute approximate surface area is 142 Å². The summed E-state index contributed by atoms with van der Waals surface area (Å²) < 4.78 is 0. The van der Waals surface area contributed by atoms with Gasteiger partial charge in [0.25, 0.3) is 5.56 Å². The van der Waals surface area contributed by atoms with Crippen molar-refractivity contribution in [2.75, 3.05) is 32.5 Å². The van der Waals surface area contributed by atoms with E-state index in [1.165, 1.54) is 0 Å². The number of H-pyrrole nitrogens is 1. The van der Waals surface area contributed by atoms with Gasteiger partial charge in [0.1, 0.15) is 0 Å². The molecule has 2 N–H and O–H groups in total. The summed E-state index contributed by atoms with van der Waals surface area (Å²) in [5, 5.41) is 5.06. The zero-order chi connectivity index (χ0) is 16.9. The molecule has 0 saturated heterocycles. The number of benzene rings is 2. The lowest BCUT2D eigenvalue weighted by Crippen LogP contribution is -2.16. The van der Waals surface area contributed by atoms with E-state index < -0.39 is 0 Å². The predicted molar refractivity (Wildman–Crippen MR) is 102 cm³/mol. The first-order valence-corrected chi connectivity index (χ1v) is 8.24. The van der Waals surface area contributed by atoms with E-state index in [2.05, 4.69) is 29.3 Å². The highest BCUT2D eigenvalue weighted by Crippen LogP contribution is 2.21. The van der Waals surface area contributed by atoms with Crippen LogP contribution in [0.1, 0.15) is 6.42 Å². The zero-order valence-corrected chi connectivity index (χ0v) is 14.2. The second-order valence-corrected chi connectivity index (χ2v) is 6.26. The SMILES string of the molecule is CN(C)CCCNc1ccc2cc(-c3ccccc3)[nH]c(=O)c2c1. The standard InChI is InChI=1S/C20H23N3O/c1-23(2)12-6-11-21-17-10-9-16-13-19(15-7-4-3-5-8-15)22-20(24)18(16)14-17/h3-5,7-10,13-14,21H,6,11-12H2,1-2H3,(H,22,24). The van der Waals surface area contributed by atoms with Crippen molar-refractivity contribution in [3.63, 3.8) is 0 Å². The molecule has 0 unspecified atom stereocenters. The van der Waals surface area contributed by atoms with Crippen molar-refractivity contribution in [2.45, 2.75) is 6.42 Å². The average molecular weight is 321 g/mol. The smallest absolute Gasteiger partial charge is 0.256 e. The summed E-state index contributed by atoms with van der Waals surface area (Å²) in [6.45, 7) is 1.94. The Morgan fingerprint density at radius 1 is 1.04 bits per heavy atom. The number of hydrogen-bond acceptors (Lipinski definition) is 3. The molecule has 3 aromatic rings. The van der Waals surface area contributed by atoms with Gasteiger partial charge in [0.2, 0.25) is 0 Å². The van der Waals surface area contributed by atoms with Gasteiger partial charge < -0.3 is 15.2 Å². The van der Waals surface area contributed by atoms with E-state index in [1.54, 1.807) is 0 Å². The molecular formula is C20H23N3O. The predicted octanol–water partition coefficient (Wildman–Crippen LogP) is 3.56. The number of hydrogen-bond donors (Lipinski definition) is 2. The lowest BCUT2D eigenvalue weighted by molar-refractivity contribution is 0.405. The molecule has 2 aromatic carbocycles. The van der Waals surface area contributed by atoms with Gasteiger partial charge in [0, 0.05) is 23.3 Å². The molecule has 124 valence electrons. The van der Waals surface area contributed by atoms with E-state index in [1.807, 2.05) is 54.6 Å². The monoisotopic (exact) mass is 321 g/mol. The quantitative estimate of drug-likeness (QED) is 0.683. The van der Waals surface area contributed by atoms with Crippen LogP contribution in [0, 0.1) is 0 Å². The summed E-state index contributed by atoms with van der Waals surface area (Å²) in [5.41, 5.74) is 2.80. The van der Waals surface area contributed by atoms with Crippen LogP contribution < -0.4 is 10.9 Å². The van der Waals surface area contributed by atoms with Crippen LogP contribution >= 0.6 is 0 Å². The Balaban J connectivity index is 1.83. The molecule has 3 rings (SSSR count). The number of pyridine rings is 1. The van der Waals surface area contributed by atoms with Crippen molar-refractivity contribution in [3.05, 3.63) is 65.0 Å². The van der Waals surface area contributed by atoms with Crippen LogP contribution in [0.3, 0.4) is 0 Å². The van der Waals surface area contributed by atoms with Crippen molar-refractivity contribution in [2.24, 2.45) is 0 Å². The molecule has 0 atom stereocenters. The Morgan fingerprint density at radius 3 is 2.58 bits per heavy atom. The van der Waals surface area contributed by atoms with E-state index in [4.69, 9.17) is 0 Å². The van der Waals surface area contributed by atoms with Gasteiger partial charge in [-0.3, -0.25) is 4.79 Å². The second kappa shape index (κ2) is 7.32. The van der Waals surface area contributed by atoms with Crippen LogP contribution in [0.5, 0.6) is 0 Å². The molecule has 0 aliphatic carbocycles. The molecule has 0 radical (unpaired) electrons. The third-order valence-electron chi connectivity index (χ3n) is 4.04. The van der Waals surface area contributed by atoms with Crippen LogP contribution in [-0.2, 0) is 0 Å². The maximum Gasteiger partial charge on any atom is 0.256 e. The van der Waals surface area contributed by atoms with Crippen LogP contribution in [0.4, 0.5) is 5.69 Å². The number of aromatic nitrogens is 1. The molecule has 0 amide bonds. The van der Waals surface area contributed by atoms with Gasteiger partial charge in [0.15, 0.2) is 0 Å². The Kier molecular flexibility index (Phi) is 4.96. The van der Waals surface area contributed by atoms with Gasteiger partial charge in [-0.1, -0.05) is 36.4 Å². The highest BCUT2D eigenvalue weighted by Gasteiger charge is 2.05. The molecular weight excluding hydrogens is 298 g/mol. The average Bonchev–Trinajstić information content (AvgIpc) is 2.59. The Morgan fingerprint density at radius 2 is 1.83 bits per heavy atom. The van der Waals surface area contributed by atoms with Gasteiger partial charge in [-0.25, -0.2) is 0 Å². The van der Waals surface area contributed by atoms with Gasteiger partial charge >= 0.3 is 0 Å². The second-order valence-electron chi connectivity index (χ2n) is 6.26. The minimum atomic E-state index is -0.0525. The normalized spacial score (nSPS) is 11.1. The minimum Gasteiger partial charge on any atom is -0.385 e. The first kappa shape index (κ1) is 16.3. The van der Waals surface area contributed by atoms with Gasteiger partial charge in [0.05, 0.1) is 0 Å². The summed E-state index contributed by atoms with van der Waals surface area (Å²) in [6.07, 6.45) is 1.06. The van der Waals surface area contributed by atoms with E-state index in [9.17, 15) is 4.79 Å². The summed E-state index contributed by atoms with van der Waals surface area (Å²) in [5.74, 6) is 0. The fourth-order valence-electron chi connectivity index (χ4n) is 2.77. The third-order valence-corrected chi connectivity index (χ3v) is 4.04. The van der Waals surface area contributed by atoms with Crippen molar-refractivity contribution in [1.82, 2.24) is 9.88 Å². The summed E-state index contributed by atoms with van der Waals surface area (Å²) in [4.78, 5) is 17.6. The van der Waals surface area contributed by atoms with E-state index >= 15 is 0 Å². The minimum absolute atomic E-state index is 0.0525. The largest absolute Gasteiger partial charge is 0.385 e. The summed E-state index contributed by atoms with van der Waals surface area (Å²) >= 11 is 0. The molecule has 1 aromatic heterocycles. The summed E-state index contributed by atoms with van der Waals surface area (Å²) in [7, 11) is 4.14. The van der Waals surface area contributed by atoms with Crippen molar-refractivity contribution in [3.8, 4) is 11.3 Å². The number of nitrogens with one attached hydrogen (secondary N) is 2. The topological polar surface area (TPSA) is 48.1 Å². The number of aromatic amines is 1. The summed E-state index contributed by atoms with van der Waals surface area (Å²) in [6, 6.07) is 17.9. The maximum atomic E-state index is 12.5. The maximum absolute atomic E-state index is 12.5. The van der Waals surface area contributed by atoms with Crippen molar-refractivity contribution in [1.29, 1.82) is 0 Å². The van der Waals surface area contributed by atoms with Gasteiger partial charge in [-0.05, 0) is 56.2 Å². The van der Waals surface area contributed by atoms with Gasteiger partial charge in [-0.15, -0.1) is 0 Å². The first-order valence-electron chi connectivity index (χ1n) is 8.24. The molecule has 0 aliphatic rings. The number of anilines is 1. The van der Waals surface area contributed by atoms with Gasteiger partial charge in [-0.2, -0.15) is 0 Å². The lowest BCUT2D eigenvalue weighted by Gasteiger charge is -2.11. The highest BCUT2D eigenvalue weighted by atomic mass is 16.1. The number of nitrogens with zero attached hydrogens (tertiary/aromatic N) is 1. The third kappa shape index (κ3) is 3.84. The first-order chi connectivity index (χ1) is 11.6. The molecule has 4 nitrogen and oxygen atoms in total. The fourth-order valence-corrected chi connectivity index (χ4v) is 2.77. The van der Waals surface area contributed by atoms with Crippen LogP contribution in [0.2, 0.25) is 0 Å². The molecule has 24 heavy (non-hydrogen) atoms. The van der Waals surface area contributed by atoms with Crippen LogP contribution in [0.15, 0.2) is 59.4 Å². The van der Waals surface area contributed by atoms with Crippen LogP contribution in [0.25, 0.3) is 22.0 Å². The van der Waals surface area contributed by atoms with E-state index in [0.29, 0.717) is 5.39 Å². The molecule has 0 aliphatic heterocycles. The lowest BCUT2D eigenvalue weighted by atomic mass is 10.1. The molecule has 0 fully saturated rings. The molecule has 0 bridgehead atoms. The molecule has 1 heterocycles. The molecule has 0 saturated carbocycles. The number of fused-ring (bicyclic) bond motifs is 1. The van der Waals surface area contributed by atoms with E-state index in [-0.39, 0.29) is 5.56 Å². The molecule has 0 spiro atoms. The van der Waals surface area contributed by atoms with E-state index in [0.717, 1.165) is 41.8 Å². The Hall–Kier alpha value is -2.59. The van der Waals surface area contributed by atoms with Crippen LogP contribution in [-0.4, -0.2) is 37.1 Å². The highest BCUT2D eigenvalue weighted by molar-refractivity contribution is 5.87. The van der Waals surface area contributed by atoms with Crippen molar-refractivity contribution < 1.29 is 0 Å². The van der Waals surface area contributed by atoms with Crippen molar-refractivity contribution >= 4 is 16.5 Å².